The van der Waals surface area contributed by atoms with Crippen molar-refractivity contribution in [3.63, 3.8) is 0 Å². The van der Waals surface area contributed by atoms with E-state index in [2.05, 4.69) is 21.2 Å². The zero-order valence-corrected chi connectivity index (χ0v) is 15.7. The lowest BCUT2D eigenvalue weighted by atomic mass is 9.96. The molecule has 130 valence electrons. The molecule has 0 aliphatic carbocycles. The molecule has 3 unspecified atom stereocenters. The standard InChI is InChI=1S/C17H12BrCl2NO4/c18-9-3-1-2-8(4-9)15-14(22)13(17(24)25-15)16(23)21-12-6-10(19)5-11(20)7-12/h1-7,13-15,22H,(H,21,23). The number of cyclic esters (lactones) is 1. The maximum Gasteiger partial charge on any atom is 0.322 e. The third-order valence-corrected chi connectivity index (χ3v) is 4.67. The van der Waals surface area contributed by atoms with Crippen LogP contribution in [-0.2, 0) is 14.3 Å². The highest BCUT2D eigenvalue weighted by molar-refractivity contribution is 9.10. The van der Waals surface area contributed by atoms with Gasteiger partial charge < -0.3 is 15.2 Å². The fourth-order valence-electron chi connectivity index (χ4n) is 2.64. The molecule has 25 heavy (non-hydrogen) atoms. The Morgan fingerprint density at radius 3 is 2.48 bits per heavy atom. The number of esters is 1. The van der Waals surface area contributed by atoms with Crippen LogP contribution in [0, 0.1) is 5.92 Å². The number of aliphatic hydroxyl groups excluding tert-OH is 1. The van der Waals surface area contributed by atoms with E-state index in [1.54, 1.807) is 24.3 Å². The van der Waals surface area contributed by atoms with Gasteiger partial charge in [0.1, 0.15) is 6.10 Å². The van der Waals surface area contributed by atoms with Crippen LogP contribution in [0.1, 0.15) is 11.7 Å². The molecule has 3 atom stereocenters. The SMILES string of the molecule is O=C(Nc1cc(Cl)cc(Cl)c1)C1C(=O)OC(c2cccc(Br)c2)C1O. The van der Waals surface area contributed by atoms with Gasteiger partial charge >= 0.3 is 5.97 Å². The van der Waals surface area contributed by atoms with Crippen molar-refractivity contribution in [1.29, 1.82) is 0 Å². The minimum atomic E-state index is -1.35. The first-order valence-corrected chi connectivity index (χ1v) is 8.81. The van der Waals surface area contributed by atoms with E-state index in [1.165, 1.54) is 18.2 Å². The fourth-order valence-corrected chi connectivity index (χ4v) is 3.58. The van der Waals surface area contributed by atoms with Gasteiger partial charge in [0.05, 0.1) is 0 Å². The predicted molar refractivity (Wildman–Crippen MR) is 97.6 cm³/mol. The van der Waals surface area contributed by atoms with Gasteiger partial charge in [-0.3, -0.25) is 9.59 Å². The van der Waals surface area contributed by atoms with Crippen LogP contribution in [0.25, 0.3) is 0 Å². The lowest BCUT2D eigenvalue weighted by molar-refractivity contribution is -0.146. The number of anilines is 1. The van der Waals surface area contributed by atoms with Crippen LogP contribution >= 0.6 is 39.1 Å². The second kappa shape index (κ2) is 7.33. The molecular formula is C17H12BrCl2NO4. The maximum absolute atomic E-state index is 12.4. The number of ether oxygens (including phenoxy) is 1. The predicted octanol–water partition coefficient (Wildman–Crippen LogP) is 3.97. The van der Waals surface area contributed by atoms with Crippen LogP contribution in [-0.4, -0.2) is 23.1 Å². The van der Waals surface area contributed by atoms with Crippen molar-refractivity contribution >= 4 is 56.7 Å². The number of amides is 1. The molecule has 0 radical (unpaired) electrons. The molecule has 2 aromatic rings. The average Bonchev–Trinajstić information content (AvgIpc) is 2.81. The highest BCUT2D eigenvalue weighted by Gasteiger charge is 2.48. The van der Waals surface area contributed by atoms with Crippen molar-refractivity contribution in [2.45, 2.75) is 12.2 Å². The van der Waals surface area contributed by atoms with Gasteiger partial charge in [0.15, 0.2) is 12.0 Å². The first kappa shape index (κ1) is 18.2. The van der Waals surface area contributed by atoms with E-state index in [-0.39, 0.29) is 0 Å². The number of carbonyl (C=O) groups is 2. The first-order chi connectivity index (χ1) is 11.8. The lowest BCUT2D eigenvalue weighted by Crippen LogP contribution is -2.34. The quantitative estimate of drug-likeness (QED) is 0.554. The molecule has 2 N–H and O–H groups in total. The summed E-state index contributed by atoms with van der Waals surface area (Å²) in [4.78, 5) is 24.5. The number of carbonyl (C=O) groups excluding carboxylic acids is 2. The van der Waals surface area contributed by atoms with Crippen LogP contribution in [0.15, 0.2) is 46.9 Å². The molecular weight excluding hydrogens is 433 g/mol. The van der Waals surface area contributed by atoms with Gasteiger partial charge in [-0.15, -0.1) is 0 Å². The summed E-state index contributed by atoms with van der Waals surface area (Å²) in [6, 6.07) is 11.5. The molecule has 8 heteroatoms. The number of hydrogen-bond donors (Lipinski definition) is 2. The zero-order valence-electron chi connectivity index (χ0n) is 12.6. The van der Waals surface area contributed by atoms with Crippen LogP contribution < -0.4 is 5.32 Å². The van der Waals surface area contributed by atoms with Crippen LogP contribution in [0.4, 0.5) is 5.69 Å². The van der Waals surface area contributed by atoms with E-state index in [0.29, 0.717) is 21.3 Å². The van der Waals surface area contributed by atoms with E-state index in [0.717, 1.165) is 4.47 Å². The van der Waals surface area contributed by atoms with E-state index in [9.17, 15) is 14.7 Å². The minimum Gasteiger partial charge on any atom is -0.454 e. The number of rotatable bonds is 3. The normalized spacial score (nSPS) is 22.6. The van der Waals surface area contributed by atoms with Crippen molar-refractivity contribution in [3.8, 4) is 0 Å². The molecule has 1 amide bonds. The van der Waals surface area contributed by atoms with Crippen molar-refractivity contribution in [2.75, 3.05) is 5.32 Å². The van der Waals surface area contributed by atoms with Crippen molar-refractivity contribution in [2.24, 2.45) is 5.92 Å². The molecule has 5 nitrogen and oxygen atoms in total. The van der Waals surface area contributed by atoms with E-state index in [1.807, 2.05) is 0 Å². The summed E-state index contributed by atoms with van der Waals surface area (Å²) in [7, 11) is 0. The molecule has 1 heterocycles. The summed E-state index contributed by atoms with van der Waals surface area (Å²) in [6.45, 7) is 0. The summed E-state index contributed by atoms with van der Waals surface area (Å²) in [5.41, 5.74) is 0.921. The van der Waals surface area contributed by atoms with Crippen LogP contribution in [0.5, 0.6) is 0 Å². The molecule has 1 aliphatic rings. The Morgan fingerprint density at radius 2 is 1.84 bits per heavy atom. The lowest BCUT2D eigenvalue weighted by Gasteiger charge is -2.16. The summed E-state index contributed by atoms with van der Waals surface area (Å²) >= 11 is 15.1. The Hall–Kier alpha value is -1.60. The van der Waals surface area contributed by atoms with Gasteiger partial charge in [0.25, 0.3) is 0 Å². The molecule has 1 aliphatic heterocycles. The van der Waals surface area contributed by atoms with Crippen LogP contribution in [0.2, 0.25) is 10.0 Å². The minimum absolute atomic E-state index is 0.327. The van der Waals surface area contributed by atoms with Gasteiger partial charge in [0, 0.05) is 20.2 Å². The molecule has 1 fully saturated rings. The molecule has 1 saturated heterocycles. The highest BCUT2D eigenvalue weighted by atomic mass is 79.9. The van der Waals surface area contributed by atoms with Gasteiger partial charge in [-0.05, 0) is 35.9 Å². The molecule has 3 rings (SSSR count). The number of nitrogens with one attached hydrogen (secondary N) is 1. The molecule has 0 spiro atoms. The Balaban J connectivity index is 1.80. The highest BCUT2D eigenvalue weighted by Crippen LogP contribution is 2.35. The third kappa shape index (κ3) is 3.98. The van der Waals surface area contributed by atoms with Gasteiger partial charge in [0.2, 0.25) is 5.91 Å². The Kier molecular flexibility index (Phi) is 5.34. The molecule has 0 saturated carbocycles. The summed E-state index contributed by atoms with van der Waals surface area (Å²) < 4.78 is 5.98. The molecule has 0 aromatic heterocycles. The van der Waals surface area contributed by atoms with Crippen LogP contribution in [0.3, 0.4) is 0 Å². The van der Waals surface area contributed by atoms with E-state index in [4.69, 9.17) is 27.9 Å². The largest absolute Gasteiger partial charge is 0.454 e. The Labute approximate surface area is 162 Å². The fraction of sp³-hybridized carbons (Fsp3) is 0.176. The number of aliphatic hydroxyl groups is 1. The second-order valence-corrected chi connectivity index (χ2v) is 7.32. The Morgan fingerprint density at radius 1 is 1.16 bits per heavy atom. The van der Waals surface area contributed by atoms with Gasteiger partial charge in [-0.2, -0.15) is 0 Å². The molecule has 2 aromatic carbocycles. The second-order valence-electron chi connectivity index (χ2n) is 5.53. The number of hydrogen-bond acceptors (Lipinski definition) is 4. The number of halogens is 3. The summed E-state index contributed by atoms with van der Waals surface area (Å²) in [6.07, 6.45) is -2.22. The summed E-state index contributed by atoms with van der Waals surface area (Å²) in [5, 5.41) is 13.7. The van der Waals surface area contributed by atoms with E-state index < -0.39 is 30.0 Å². The zero-order chi connectivity index (χ0) is 18.1. The smallest absolute Gasteiger partial charge is 0.322 e. The maximum atomic E-state index is 12.4. The van der Waals surface area contributed by atoms with Crippen molar-refractivity contribution in [1.82, 2.24) is 0 Å². The topological polar surface area (TPSA) is 75.6 Å². The average molecular weight is 445 g/mol. The monoisotopic (exact) mass is 443 g/mol. The summed E-state index contributed by atoms with van der Waals surface area (Å²) in [5.74, 6) is -2.82. The third-order valence-electron chi connectivity index (χ3n) is 3.74. The first-order valence-electron chi connectivity index (χ1n) is 7.26. The Bertz CT molecular complexity index is 825. The van der Waals surface area contributed by atoms with Gasteiger partial charge in [-0.25, -0.2) is 0 Å². The van der Waals surface area contributed by atoms with Crippen molar-refractivity contribution < 1.29 is 19.4 Å². The molecule has 0 bridgehead atoms. The number of benzene rings is 2. The van der Waals surface area contributed by atoms with E-state index >= 15 is 0 Å². The van der Waals surface area contributed by atoms with Gasteiger partial charge in [-0.1, -0.05) is 51.3 Å². The van der Waals surface area contributed by atoms with Crippen molar-refractivity contribution in [3.05, 3.63) is 62.5 Å².